The molecule has 0 fully saturated rings. The predicted molar refractivity (Wildman–Crippen MR) is 112 cm³/mol. The minimum absolute atomic E-state index is 0.152. The number of carbonyl (C=O) groups is 1. The molecule has 0 spiro atoms. The van der Waals surface area contributed by atoms with Crippen LogP contribution in [0.2, 0.25) is 0 Å². The molecule has 0 aliphatic carbocycles. The molecule has 0 saturated carbocycles. The van der Waals surface area contributed by atoms with Gasteiger partial charge in [-0.3, -0.25) is 9.36 Å². The third-order valence-electron chi connectivity index (χ3n) is 4.40. The standard InChI is InChI=1S/C20H18FN7OS/c1-13-5-3-4-6-17(13)27-10-9-22-20(27)30-12-19(29)23-15-7-8-16(21)18(11-15)28-14(2)24-25-26-28/h3-11H,12H2,1-2H3,(H,23,29). The normalized spacial score (nSPS) is 10.9. The summed E-state index contributed by atoms with van der Waals surface area (Å²) in [5.74, 6) is -0.126. The van der Waals surface area contributed by atoms with E-state index in [1.54, 1.807) is 13.1 Å². The van der Waals surface area contributed by atoms with Crippen LogP contribution in [0.1, 0.15) is 11.4 Å². The second kappa shape index (κ2) is 8.46. The highest BCUT2D eigenvalue weighted by Crippen LogP contribution is 2.23. The van der Waals surface area contributed by atoms with Gasteiger partial charge in [0, 0.05) is 18.1 Å². The number of benzene rings is 2. The number of nitrogens with zero attached hydrogens (tertiary/aromatic N) is 6. The van der Waals surface area contributed by atoms with E-state index in [9.17, 15) is 9.18 Å². The van der Waals surface area contributed by atoms with Crippen LogP contribution >= 0.6 is 11.8 Å². The summed E-state index contributed by atoms with van der Waals surface area (Å²) in [6.45, 7) is 3.69. The Balaban J connectivity index is 1.45. The second-order valence-electron chi connectivity index (χ2n) is 6.51. The molecule has 0 atom stereocenters. The Labute approximate surface area is 176 Å². The summed E-state index contributed by atoms with van der Waals surface area (Å²) in [5.41, 5.74) is 2.74. The van der Waals surface area contributed by atoms with E-state index >= 15 is 0 Å². The average molecular weight is 423 g/mol. The van der Waals surface area contributed by atoms with E-state index in [0.29, 0.717) is 16.7 Å². The van der Waals surface area contributed by atoms with E-state index in [-0.39, 0.29) is 17.3 Å². The minimum Gasteiger partial charge on any atom is -0.325 e. The van der Waals surface area contributed by atoms with Gasteiger partial charge in [-0.15, -0.1) is 5.10 Å². The molecule has 0 radical (unpaired) electrons. The van der Waals surface area contributed by atoms with Crippen molar-refractivity contribution in [1.82, 2.24) is 29.8 Å². The van der Waals surface area contributed by atoms with Gasteiger partial charge in [0.25, 0.3) is 0 Å². The molecule has 8 nitrogen and oxygen atoms in total. The molecule has 0 aliphatic heterocycles. The first-order valence-corrected chi connectivity index (χ1v) is 10.1. The van der Waals surface area contributed by atoms with Gasteiger partial charge in [-0.25, -0.2) is 9.37 Å². The topological polar surface area (TPSA) is 90.5 Å². The van der Waals surface area contributed by atoms with E-state index in [4.69, 9.17) is 0 Å². The first-order valence-electron chi connectivity index (χ1n) is 9.10. The van der Waals surface area contributed by atoms with Gasteiger partial charge in [0.1, 0.15) is 11.5 Å². The molecular weight excluding hydrogens is 405 g/mol. The number of anilines is 1. The number of amides is 1. The van der Waals surface area contributed by atoms with Crippen LogP contribution in [0.5, 0.6) is 0 Å². The van der Waals surface area contributed by atoms with Crippen molar-refractivity contribution < 1.29 is 9.18 Å². The van der Waals surface area contributed by atoms with E-state index in [0.717, 1.165) is 11.3 Å². The molecule has 1 amide bonds. The number of aromatic nitrogens is 6. The van der Waals surface area contributed by atoms with E-state index in [1.165, 1.54) is 34.6 Å². The summed E-state index contributed by atoms with van der Waals surface area (Å²) in [5, 5.41) is 14.5. The number of para-hydroxylation sites is 1. The molecule has 0 unspecified atom stereocenters. The van der Waals surface area contributed by atoms with Crippen LogP contribution in [0, 0.1) is 19.7 Å². The summed E-state index contributed by atoms with van der Waals surface area (Å²) >= 11 is 1.32. The molecule has 2 heterocycles. The molecule has 0 saturated heterocycles. The first kappa shape index (κ1) is 19.8. The van der Waals surface area contributed by atoms with Crippen molar-refractivity contribution in [2.45, 2.75) is 19.0 Å². The van der Waals surface area contributed by atoms with Crippen LogP contribution in [-0.2, 0) is 4.79 Å². The van der Waals surface area contributed by atoms with Crippen molar-refractivity contribution in [2.75, 3.05) is 11.1 Å². The number of rotatable bonds is 6. The Kier molecular flexibility index (Phi) is 5.57. The Morgan fingerprint density at radius 1 is 1.17 bits per heavy atom. The van der Waals surface area contributed by atoms with Gasteiger partial charge in [-0.05, 0) is 54.1 Å². The van der Waals surface area contributed by atoms with Crippen LogP contribution in [0.3, 0.4) is 0 Å². The van der Waals surface area contributed by atoms with Crippen molar-refractivity contribution in [3.8, 4) is 11.4 Å². The lowest BCUT2D eigenvalue weighted by atomic mass is 10.2. The molecule has 0 aliphatic rings. The molecule has 30 heavy (non-hydrogen) atoms. The number of halogens is 1. The number of carbonyl (C=O) groups excluding carboxylic acids is 1. The number of nitrogens with one attached hydrogen (secondary N) is 1. The third kappa shape index (κ3) is 4.08. The fraction of sp³-hybridized carbons (Fsp3) is 0.150. The summed E-state index contributed by atoms with van der Waals surface area (Å²) < 4.78 is 17.4. The summed E-state index contributed by atoms with van der Waals surface area (Å²) in [4.78, 5) is 16.8. The zero-order chi connectivity index (χ0) is 21.1. The fourth-order valence-corrected chi connectivity index (χ4v) is 3.71. The van der Waals surface area contributed by atoms with Crippen LogP contribution in [-0.4, -0.2) is 41.4 Å². The molecule has 2 aromatic carbocycles. The van der Waals surface area contributed by atoms with E-state index in [2.05, 4.69) is 25.8 Å². The molecular formula is C20H18FN7OS. The van der Waals surface area contributed by atoms with Crippen LogP contribution < -0.4 is 5.32 Å². The maximum atomic E-state index is 14.2. The minimum atomic E-state index is -0.488. The van der Waals surface area contributed by atoms with Gasteiger partial charge in [0.15, 0.2) is 11.0 Å². The largest absolute Gasteiger partial charge is 0.325 e. The molecule has 10 heteroatoms. The lowest BCUT2D eigenvalue weighted by molar-refractivity contribution is -0.113. The quantitative estimate of drug-likeness (QED) is 0.479. The maximum Gasteiger partial charge on any atom is 0.234 e. The van der Waals surface area contributed by atoms with Gasteiger partial charge < -0.3 is 5.32 Å². The smallest absolute Gasteiger partial charge is 0.234 e. The Morgan fingerprint density at radius 3 is 2.77 bits per heavy atom. The molecule has 0 bridgehead atoms. The highest BCUT2D eigenvalue weighted by molar-refractivity contribution is 7.99. The van der Waals surface area contributed by atoms with Crippen molar-refractivity contribution in [3.05, 3.63) is 72.1 Å². The molecule has 2 aromatic heterocycles. The van der Waals surface area contributed by atoms with Crippen LogP contribution in [0.15, 0.2) is 60.0 Å². The van der Waals surface area contributed by atoms with Gasteiger partial charge in [-0.2, -0.15) is 4.68 Å². The molecule has 152 valence electrons. The number of tetrazole rings is 1. The van der Waals surface area contributed by atoms with Gasteiger partial charge in [0.05, 0.1) is 11.4 Å². The fourth-order valence-electron chi connectivity index (χ4n) is 2.95. The van der Waals surface area contributed by atoms with Crippen molar-refractivity contribution >= 4 is 23.4 Å². The molecule has 4 aromatic rings. The van der Waals surface area contributed by atoms with Crippen molar-refractivity contribution in [3.63, 3.8) is 0 Å². The molecule has 1 N–H and O–H groups in total. The monoisotopic (exact) mass is 423 g/mol. The number of hydrogen-bond donors (Lipinski definition) is 1. The zero-order valence-electron chi connectivity index (χ0n) is 16.3. The zero-order valence-corrected chi connectivity index (χ0v) is 17.1. The van der Waals surface area contributed by atoms with Gasteiger partial charge >= 0.3 is 0 Å². The lowest BCUT2D eigenvalue weighted by Crippen LogP contribution is -2.15. The van der Waals surface area contributed by atoms with E-state index in [1.807, 2.05) is 42.0 Å². The SMILES string of the molecule is Cc1ccccc1-n1ccnc1SCC(=O)Nc1ccc(F)c(-n2nnnc2C)c1. The number of aryl methyl sites for hydroxylation is 2. The van der Waals surface area contributed by atoms with Gasteiger partial charge in [0.2, 0.25) is 5.91 Å². The maximum absolute atomic E-state index is 14.2. The summed E-state index contributed by atoms with van der Waals surface area (Å²) in [6, 6.07) is 12.2. The number of imidazole rings is 1. The Morgan fingerprint density at radius 2 is 2.00 bits per heavy atom. The van der Waals surface area contributed by atoms with Crippen LogP contribution in [0.25, 0.3) is 11.4 Å². The summed E-state index contributed by atoms with van der Waals surface area (Å²) in [7, 11) is 0. The highest BCUT2D eigenvalue weighted by atomic mass is 32.2. The Hall–Kier alpha value is -3.53. The second-order valence-corrected chi connectivity index (χ2v) is 7.45. The predicted octanol–water partition coefficient (Wildman–Crippen LogP) is 3.33. The number of hydrogen-bond acceptors (Lipinski definition) is 6. The number of thioether (sulfide) groups is 1. The third-order valence-corrected chi connectivity index (χ3v) is 5.36. The van der Waals surface area contributed by atoms with Crippen LogP contribution in [0.4, 0.5) is 10.1 Å². The molecule has 4 rings (SSSR count). The average Bonchev–Trinajstić information content (AvgIpc) is 3.37. The van der Waals surface area contributed by atoms with Crippen molar-refractivity contribution in [1.29, 1.82) is 0 Å². The van der Waals surface area contributed by atoms with E-state index < -0.39 is 5.82 Å². The lowest BCUT2D eigenvalue weighted by Gasteiger charge is -2.11. The summed E-state index contributed by atoms with van der Waals surface area (Å²) in [6.07, 6.45) is 3.57. The first-order chi connectivity index (χ1) is 14.5. The highest BCUT2D eigenvalue weighted by Gasteiger charge is 2.13. The Bertz CT molecular complexity index is 1200. The van der Waals surface area contributed by atoms with Gasteiger partial charge in [-0.1, -0.05) is 30.0 Å². The van der Waals surface area contributed by atoms with Crippen molar-refractivity contribution in [2.24, 2.45) is 0 Å².